The molecular formula is C22H30N2O3Si. The molecular weight excluding hydrogens is 368 g/mol. The van der Waals surface area contributed by atoms with Gasteiger partial charge in [-0.3, -0.25) is 4.90 Å². The number of carboxylic acids is 1. The van der Waals surface area contributed by atoms with Crippen LogP contribution in [0.25, 0.3) is 11.0 Å². The molecule has 5 nitrogen and oxygen atoms in total. The third kappa shape index (κ3) is 4.60. The SMILES string of the molecule is C#CCCCC(N1CCN(c2ccc3oc(C(=O)O)cc3c2)CC1)[Si](C)(C)C. The van der Waals surface area contributed by atoms with E-state index in [1.165, 1.54) is 6.42 Å². The summed E-state index contributed by atoms with van der Waals surface area (Å²) in [6.07, 6.45) is 8.61. The number of nitrogens with zero attached hydrogens (tertiary/aromatic N) is 2. The number of furan rings is 1. The largest absolute Gasteiger partial charge is 0.475 e. The molecule has 150 valence electrons. The van der Waals surface area contributed by atoms with Crippen molar-refractivity contribution < 1.29 is 14.3 Å². The molecule has 1 atom stereocenters. The number of hydrogen-bond acceptors (Lipinski definition) is 4. The van der Waals surface area contributed by atoms with Crippen LogP contribution in [0.3, 0.4) is 0 Å². The van der Waals surface area contributed by atoms with E-state index in [1.54, 1.807) is 6.07 Å². The Labute approximate surface area is 168 Å². The molecule has 6 heteroatoms. The molecule has 1 unspecified atom stereocenters. The molecule has 1 aliphatic heterocycles. The second-order valence-corrected chi connectivity index (χ2v) is 14.0. The van der Waals surface area contributed by atoms with E-state index in [0.717, 1.165) is 50.1 Å². The van der Waals surface area contributed by atoms with Gasteiger partial charge in [-0.25, -0.2) is 4.79 Å². The first-order valence-corrected chi connectivity index (χ1v) is 13.6. The van der Waals surface area contributed by atoms with Crippen molar-refractivity contribution in [2.75, 3.05) is 31.1 Å². The summed E-state index contributed by atoms with van der Waals surface area (Å²) in [5, 5.41) is 9.95. The Morgan fingerprint density at radius 1 is 1.25 bits per heavy atom. The summed E-state index contributed by atoms with van der Waals surface area (Å²) >= 11 is 0. The average Bonchev–Trinajstić information content (AvgIpc) is 3.08. The van der Waals surface area contributed by atoms with Gasteiger partial charge in [0.25, 0.3) is 0 Å². The second kappa shape index (κ2) is 8.42. The monoisotopic (exact) mass is 398 g/mol. The number of unbranched alkanes of at least 4 members (excludes halogenated alkanes) is 1. The fourth-order valence-corrected chi connectivity index (χ4v) is 6.61. The van der Waals surface area contributed by atoms with Gasteiger partial charge in [-0.05, 0) is 37.1 Å². The quantitative estimate of drug-likeness (QED) is 0.428. The normalized spacial score (nSPS) is 16.9. The summed E-state index contributed by atoms with van der Waals surface area (Å²) in [7, 11) is -1.30. The highest BCUT2D eigenvalue weighted by molar-refractivity contribution is 6.77. The molecule has 0 bridgehead atoms. The van der Waals surface area contributed by atoms with E-state index in [2.05, 4.69) is 35.4 Å². The first-order chi connectivity index (χ1) is 13.3. The number of fused-ring (bicyclic) bond motifs is 1. The highest BCUT2D eigenvalue weighted by Crippen LogP contribution is 2.28. The van der Waals surface area contributed by atoms with Crippen molar-refractivity contribution in [3.05, 3.63) is 30.0 Å². The first-order valence-electron chi connectivity index (χ1n) is 9.99. The molecule has 2 heterocycles. The molecule has 3 rings (SSSR count). The van der Waals surface area contributed by atoms with Crippen LogP contribution in [0.4, 0.5) is 5.69 Å². The fraction of sp³-hybridized carbons (Fsp3) is 0.500. The zero-order chi connectivity index (χ0) is 20.3. The molecule has 0 aliphatic carbocycles. The Morgan fingerprint density at radius 2 is 1.96 bits per heavy atom. The van der Waals surface area contributed by atoms with Crippen LogP contribution in [0.2, 0.25) is 19.6 Å². The second-order valence-electron chi connectivity index (χ2n) is 8.64. The Hall–Kier alpha value is -2.23. The summed E-state index contributed by atoms with van der Waals surface area (Å²) in [4.78, 5) is 16.2. The number of hydrogen-bond donors (Lipinski definition) is 1. The number of carbonyl (C=O) groups is 1. The molecule has 1 fully saturated rings. The lowest BCUT2D eigenvalue weighted by Gasteiger charge is -2.44. The van der Waals surface area contributed by atoms with Gasteiger partial charge in [0.2, 0.25) is 5.76 Å². The minimum Gasteiger partial charge on any atom is -0.475 e. The zero-order valence-electron chi connectivity index (χ0n) is 17.1. The summed E-state index contributed by atoms with van der Waals surface area (Å²) in [5.41, 5.74) is 2.41. The van der Waals surface area contributed by atoms with Gasteiger partial charge in [-0.15, -0.1) is 12.3 Å². The number of rotatable bonds is 7. The predicted molar refractivity (Wildman–Crippen MR) is 117 cm³/mol. The maximum absolute atomic E-state index is 11.1. The Bertz CT molecular complexity index is 870. The topological polar surface area (TPSA) is 56.9 Å². The van der Waals surface area contributed by atoms with E-state index in [1.807, 2.05) is 18.2 Å². The van der Waals surface area contributed by atoms with Crippen LogP contribution >= 0.6 is 0 Å². The van der Waals surface area contributed by atoms with E-state index in [4.69, 9.17) is 15.9 Å². The third-order valence-electron chi connectivity index (χ3n) is 5.63. The molecule has 1 aromatic carbocycles. The van der Waals surface area contributed by atoms with Gasteiger partial charge in [0.1, 0.15) is 5.58 Å². The van der Waals surface area contributed by atoms with Gasteiger partial charge in [0.15, 0.2) is 0 Å². The number of anilines is 1. The lowest BCUT2D eigenvalue weighted by Crippen LogP contribution is -2.57. The van der Waals surface area contributed by atoms with Crippen molar-refractivity contribution in [1.82, 2.24) is 4.90 Å². The van der Waals surface area contributed by atoms with E-state index in [-0.39, 0.29) is 5.76 Å². The molecule has 0 amide bonds. The van der Waals surface area contributed by atoms with Crippen molar-refractivity contribution in [3.8, 4) is 12.3 Å². The summed E-state index contributed by atoms with van der Waals surface area (Å²) < 4.78 is 5.37. The number of carboxylic acid groups (broad SMARTS) is 1. The van der Waals surface area contributed by atoms with Crippen molar-refractivity contribution in [2.24, 2.45) is 0 Å². The number of aromatic carboxylic acids is 1. The van der Waals surface area contributed by atoms with Crippen LogP contribution in [-0.4, -0.2) is 55.9 Å². The lowest BCUT2D eigenvalue weighted by molar-refractivity contribution is 0.0665. The van der Waals surface area contributed by atoms with Gasteiger partial charge in [0, 0.05) is 49.3 Å². The van der Waals surface area contributed by atoms with E-state index < -0.39 is 14.0 Å². The van der Waals surface area contributed by atoms with Crippen molar-refractivity contribution in [2.45, 2.75) is 44.6 Å². The number of benzene rings is 1. The number of piperazine rings is 1. The zero-order valence-corrected chi connectivity index (χ0v) is 18.1. The molecule has 1 saturated heterocycles. The third-order valence-corrected chi connectivity index (χ3v) is 8.28. The Morgan fingerprint density at radius 3 is 2.57 bits per heavy atom. The van der Waals surface area contributed by atoms with Crippen LogP contribution in [0.1, 0.15) is 29.8 Å². The molecule has 0 saturated carbocycles. The van der Waals surface area contributed by atoms with Gasteiger partial charge in [-0.1, -0.05) is 19.6 Å². The summed E-state index contributed by atoms with van der Waals surface area (Å²) in [6, 6.07) is 7.53. The lowest BCUT2D eigenvalue weighted by atomic mass is 10.2. The van der Waals surface area contributed by atoms with Crippen LogP contribution in [-0.2, 0) is 0 Å². The summed E-state index contributed by atoms with van der Waals surface area (Å²) in [5.74, 6) is 1.73. The standard InChI is InChI=1S/C22H30N2O3Si/c1-5-6-7-8-21(28(2,3)4)24-13-11-23(12-14-24)18-9-10-19-17(15-18)16-20(27-19)22(25)26/h1,9-10,15-16,21H,6-8,11-14H2,2-4H3,(H,25,26). The molecule has 2 aromatic rings. The molecule has 1 aliphatic rings. The molecule has 1 N–H and O–H groups in total. The van der Waals surface area contributed by atoms with Crippen LogP contribution in [0.15, 0.2) is 28.7 Å². The minimum atomic E-state index is -1.30. The van der Waals surface area contributed by atoms with Gasteiger partial charge in [0.05, 0.1) is 8.07 Å². The van der Waals surface area contributed by atoms with E-state index in [0.29, 0.717) is 11.2 Å². The van der Waals surface area contributed by atoms with Crippen LogP contribution < -0.4 is 4.90 Å². The highest BCUT2D eigenvalue weighted by Gasteiger charge is 2.33. The van der Waals surface area contributed by atoms with Crippen molar-refractivity contribution in [1.29, 1.82) is 0 Å². The van der Waals surface area contributed by atoms with Gasteiger partial charge in [-0.2, -0.15) is 0 Å². The maximum atomic E-state index is 11.1. The molecule has 0 spiro atoms. The smallest absolute Gasteiger partial charge is 0.371 e. The van der Waals surface area contributed by atoms with E-state index in [9.17, 15) is 4.79 Å². The molecule has 0 radical (unpaired) electrons. The predicted octanol–water partition coefficient (Wildman–Crippen LogP) is 4.30. The highest BCUT2D eigenvalue weighted by atomic mass is 28.3. The Kier molecular flexibility index (Phi) is 6.16. The number of terminal acetylenes is 1. The summed E-state index contributed by atoms with van der Waals surface area (Å²) in [6.45, 7) is 11.4. The van der Waals surface area contributed by atoms with E-state index >= 15 is 0 Å². The van der Waals surface area contributed by atoms with Crippen LogP contribution in [0.5, 0.6) is 0 Å². The van der Waals surface area contributed by atoms with Gasteiger partial charge >= 0.3 is 5.97 Å². The Balaban J connectivity index is 1.67. The average molecular weight is 399 g/mol. The molecule has 1 aromatic heterocycles. The molecule has 28 heavy (non-hydrogen) atoms. The van der Waals surface area contributed by atoms with Crippen molar-refractivity contribution >= 4 is 30.7 Å². The minimum absolute atomic E-state index is 0.0121. The first kappa shape index (κ1) is 20.5. The van der Waals surface area contributed by atoms with Crippen molar-refractivity contribution in [3.63, 3.8) is 0 Å². The fourth-order valence-electron chi connectivity index (χ4n) is 4.19. The van der Waals surface area contributed by atoms with Crippen LogP contribution in [0, 0.1) is 12.3 Å². The van der Waals surface area contributed by atoms with Gasteiger partial charge < -0.3 is 14.4 Å². The maximum Gasteiger partial charge on any atom is 0.371 e.